The smallest absolute Gasteiger partial charge is 0.309 e. The Morgan fingerprint density at radius 1 is 0.810 bits per heavy atom. The van der Waals surface area contributed by atoms with Gasteiger partial charge in [0.15, 0.2) is 0 Å². The van der Waals surface area contributed by atoms with Crippen LogP contribution in [0, 0.1) is 25.7 Å². The lowest BCUT2D eigenvalue weighted by molar-refractivity contribution is -0.139. The second-order valence-corrected chi connectivity index (χ2v) is 12.6. The molecule has 0 saturated heterocycles. The van der Waals surface area contributed by atoms with E-state index in [1.807, 2.05) is 32.0 Å². The fourth-order valence-corrected chi connectivity index (χ4v) is 6.55. The van der Waals surface area contributed by atoms with Crippen LogP contribution in [0.4, 0.5) is 0 Å². The van der Waals surface area contributed by atoms with Crippen molar-refractivity contribution in [2.45, 2.75) is 84.7 Å². The lowest BCUT2D eigenvalue weighted by Crippen LogP contribution is -2.31. The molecule has 0 atom stereocenters. The van der Waals surface area contributed by atoms with Crippen LogP contribution in [0.2, 0.25) is 0 Å². The lowest BCUT2D eigenvalue weighted by Gasteiger charge is -2.34. The molecule has 0 bridgehead atoms. The molecule has 0 aromatic heterocycles. The van der Waals surface area contributed by atoms with Crippen molar-refractivity contribution in [1.82, 2.24) is 0 Å². The van der Waals surface area contributed by atoms with Gasteiger partial charge in [0.2, 0.25) is 0 Å². The van der Waals surface area contributed by atoms with Crippen molar-refractivity contribution >= 4 is 16.1 Å². The van der Waals surface area contributed by atoms with Gasteiger partial charge in [0.25, 0.3) is 10.1 Å². The third-order valence-electron chi connectivity index (χ3n) is 8.48. The Morgan fingerprint density at radius 2 is 1.38 bits per heavy atom. The Labute approximate surface area is 252 Å². The second-order valence-electron chi connectivity index (χ2n) is 11.0. The average molecular weight is 589 g/mol. The van der Waals surface area contributed by atoms with Crippen LogP contribution in [-0.4, -0.2) is 33.4 Å². The first-order valence-electron chi connectivity index (χ1n) is 14.7. The molecular weight excluding hydrogens is 544 g/mol. The van der Waals surface area contributed by atoms with E-state index in [0.717, 1.165) is 46.9 Å². The predicted octanol–water partition coefficient (Wildman–Crippen LogP) is 7.68. The molecule has 0 aliphatic heterocycles. The summed E-state index contributed by atoms with van der Waals surface area (Å²) in [5.41, 5.74) is 7.62. The SMILES string of the molecule is CCC(C#Cc1ccc(C(CC)(CC)c2ccc(-c3ccc(CC(=O)OC)cc3)c(C)c2)cc1C)(CC)OS(C)(=O)=O. The summed E-state index contributed by atoms with van der Waals surface area (Å²) >= 11 is 0. The largest absolute Gasteiger partial charge is 0.469 e. The first kappa shape index (κ1) is 33.1. The van der Waals surface area contributed by atoms with E-state index >= 15 is 0 Å². The number of benzene rings is 3. The Balaban J connectivity index is 1.97. The van der Waals surface area contributed by atoms with Crippen LogP contribution in [0.3, 0.4) is 0 Å². The van der Waals surface area contributed by atoms with Gasteiger partial charge in [0.05, 0.1) is 19.8 Å². The van der Waals surface area contributed by atoms with Crippen LogP contribution in [0.1, 0.15) is 86.8 Å². The van der Waals surface area contributed by atoms with Crippen LogP contribution in [0.5, 0.6) is 0 Å². The van der Waals surface area contributed by atoms with Gasteiger partial charge in [-0.3, -0.25) is 8.98 Å². The van der Waals surface area contributed by atoms with Crippen molar-refractivity contribution in [3.63, 3.8) is 0 Å². The zero-order valence-electron chi connectivity index (χ0n) is 26.3. The summed E-state index contributed by atoms with van der Waals surface area (Å²) in [6.07, 6.45) is 4.16. The highest BCUT2D eigenvalue weighted by Crippen LogP contribution is 2.41. The topological polar surface area (TPSA) is 69.7 Å². The molecule has 224 valence electrons. The van der Waals surface area contributed by atoms with Gasteiger partial charge in [-0.2, -0.15) is 8.42 Å². The molecule has 6 heteroatoms. The summed E-state index contributed by atoms with van der Waals surface area (Å²) in [6.45, 7) is 12.4. The number of esters is 1. The van der Waals surface area contributed by atoms with Crippen LogP contribution < -0.4 is 0 Å². The number of ether oxygens (including phenoxy) is 1. The molecule has 3 aromatic rings. The van der Waals surface area contributed by atoms with Gasteiger partial charge in [-0.15, -0.1) is 0 Å². The molecule has 42 heavy (non-hydrogen) atoms. The van der Waals surface area contributed by atoms with Gasteiger partial charge in [-0.25, -0.2) is 0 Å². The van der Waals surface area contributed by atoms with Crippen molar-refractivity contribution in [2.75, 3.05) is 13.4 Å². The summed E-state index contributed by atoms with van der Waals surface area (Å²) in [5, 5.41) is 0. The maximum absolute atomic E-state index is 11.9. The number of methoxy groups -OCH3 is 1. The van der Waals surface area contributed by atoms with E-state index in [9.17, 15) is 13.2 Å². The van der Waals surface area contributed by atoms with Crippen molar-refractivity contribution in [2.24, 2.45) is 0 Å². The number of carbonyl (C=O) groups excluding carboxylic acids is 1. The van der Waals surface area contributed by atoms with Gasteiger partial charge in [0.1, 0.15) is 5.60 Å². The summed E-state index contributed by atoms with van der Waals surface area (Å²) in [6, 6.07) is 21.2. The minimum Gasteiger partial charge on any atom is -0.469 e. The van der Waals surface area contributed by atoms with Crippen LogP contribution in [0.15, 0.2) is 60.7 Å². The van der Waals surface area contributed by atoms with Crippen molar-refractivity contribution in [1.29, 1.82) is 0 Å². The molecule has 3 aromatic carbocycles. The third kappa shape index (κ3) is 7.51. The minimum atomic E-state index is -3.64. The summed E-state index contributed by atoms with van der Waals surface area (Å²) in [4.78, 5) is 11.6. The zero-order chi connectivity index (χ0) is 31.1. The van der Waals surface area contributed by atoms with E-state index in [0.29, 0.717) is 12.8 Å². The first-order valence-corrected chi connectivity index (χ1v) is 16.5. The molecule has 0 heterocycles. The lowest BCUT2D eigenvalue weighted by atomic mass is 9.69. The Kier molecular flexibility index (Phi) is 10.8. The van der Waals surface area contributed by atoms with E-state index in [1.54, 1.807) is 0 Å². The first-order chi connectivity index (χ1) is 19.9. The van der Waals surface area contributed by atoms with Gasteiger partial charge in [0, 0.05) is 11.0 Å². The molecule has 0 N–H and O–H groups in total. The molecule has 0 amide bonds. The van der Waals surface area contributed by atoms with Gasteiger partial charge in [-0.1, -0.05) is 94.1 Å². The molecule has 5 nitrogen and oxygen atoms in total. The summed E-state index contributed by atoms with van der Waals surface area (Å²) < 4.78 is 34.0. The van der Waals surface area contributed by atoms with Gasteiger partial charge >= 0.3 is 5.97 Å². The Hall–Kier alpha value is -3.40. The highest BCUT2D eigenvalue weighted by atomic mass is 32.2. The molecule has 3 rings (SSSR count). The average Bonchev–Trinajstić information content (AvgIpc) is 2.97. The maximum atomic E-state index is 11.9. The molecule has 0 saturated carbocycles. The highest BCUT2D eigenvalue weighted by molar-refractivity contribution is 7.86. The van der Waals surface area contributed by atoms with Crippen LogP contribution in [-0.2, 0) is 35.7 Å². The molecule has 0 radical (unpaired) electrons. The summed E-state index contributed by atoms with van der Waals surface area (Å²) in [5.74, 6) is 6.11. The Bertz CT molecular complexity index is 1570. The molecular formula is C36H44O5S. The third-order valence-corrected chi connectivity index (χ3v) is 9.11. The molecule has 0 unspecified atom stereocenters. The number of rotatable bonds is 11. The van der Waals surface area contributed by atoms with Gasteiger partial charge < -0.3 is 4.74 Å². The number of hydrogen-bond acceptors (Lipinski definition) is 5. The highest BCUT2D eigenvalue weighted by Gasteiger charge is 2.32. The van der Waals surface area contributed by atoms with Gasteiger partial charge in [-0.05, 0) is 84.5 Å². The van der Waals surface area contributed by atoms with Crippen molar-refractivity contribution in [3.05, 3.63) is 94.0 Å². The van der Waals surface area contributed by atoms with E-state index in [1.165, 1.54) is 23.8 Å². The van der Waals surface area contributed by atoms with E-state index in [4.69, 9.17) is 8.92 Å². The predicted molar refractivity (Wildman–Crippen MR) is 171 cm³/mol. The van der Waals surface area contributed by atoms with Crippen LogP contribution in [0.25, 0.3) is 11.1 Å². The van der Waals surface area contributed by atoms with E-state index in [2.05, 4.69) is 82.0 Å². The fourth-order valence-electron chi connectivity index (χ4n) is 5.70. The number of carbonyl (C=O) groups is 1. The standard InChI is InChI=1S/C36H44O5S/c1-9-35(10-2,41-42(8,38)39)22-21-29-17-18-31(23-26(29)5)36(11-3,12-4)32-19-20-33(27(6)24-32)30-15-13-28(14-16-30)25-34(37)40-7/h13-20,23-24H,9-12,25H2,1-8H3. The van der Waals surface area contributed by atoms with E-state index < -0.39 is 15.7 Å². The number of hydrogen-bond donors (Lipinski definition) is 0. The minimum absolute atomic E-state index is 0.166. The Morgan fingerprint density at radius 3 is 1.86 bits per heavy atom. The van der Waals surface area contributed by atoms with Crippen LogP contribution >= 0.6 is 0 Å². The zero-order valence-corrected chi connectivity index (χ0v) is 27.1. The quantitative estimate of drug-likeness (QED) is 0.131. The molecule has 0 fully saturated rings. The molecule has 0 spiro atoms. The second kappa shape index (κ2) is 13.7. The summed E-state index contributed by atoms with van der Waals surface area (Å²) in [7, 11) is -2.23. The maximum Gasteiger partial charge on any atom is 0.309 e. The number of aryl methyl sites for hydroxylation is 2. The van der Waals surface area contributed by atoms with Crippen molar-refractivity contribution in [3.8, 4) is 23.0 Å². The molecule has 0 aliphatic carbocycles. The monoisotopic (exact) mass is 588 g/mol. The molecule has 0 aliphatic rings. The van der Waals surface area contributed by atoms with Crippen molar-refractivity contribution < 1.29 is 22.1 Å². The fraction of sp³-hybridized carbons (Fsp3) is 0.417. The normalized spacial score (nSPS) is 12.0. The van der Waals surface area contributed by atoms with E-state index in [-0.39, 0.29) is 17.8 Å².